The van der Waals surface area contributed by atoms with Crippen molar-refractivity contribution in [3.8, 4) is 17.2 Å². The summed E-state index contributed by atoms with van der Waals surface area (Å²) in [5.41, 5.74) is 1.50. The first-order valence-electron chi connectivity index (χ1n) is 9.41. The predicted octanol–water partition coefficient (Wildman–Crippen LogP) is 5.39. The molecule has 2 N–H and O–H groups in total. The van der Waals surface area contributed by atoms with Crippen molar-refractivity contribution >= 4 is 5.97 Å². The zero-order chi connectivity index (χ0) is 18.5. The summed E-state index contributed by atoms with van der Waals surface area (Å²) in [6.07, 6.45) is 7.69. The van der Waals surface area contributed by atoms with Gasteiger partial charge >= 0.3 is 5.97 Å². The Hall–Kier alpha value is -2.49. The van der Waals surface area contributed by atoms with Crippen molar-refractivity contribution in [3.05, 3.63) is 53.6 Å². The second-order valence-electron chi connectivity index (χ2n) is 7.17. The summed E-state index contributed by atoms with van der Waals surface area (Å²) < 4.78 is 5.35. The monoisotopic (exact) mass is 354 g/mol. The largest absolute Gasteiger partial charge is 0.504 e. The summed E-state index contributed by atoms with van der Waals surface area (Å²) in [6, 6.07) is 11.6. The minimum atomic E-state index is -0.562. The van der Waals surface area contributed by atoms with Crippen LogP contribution in [-0.4, -0.2) is 16.2 Å². The molecule has 4 nitrogen and oxygen atoms in total. The number of esters is 1. The number of rotatable bonds is 5. The maximum absolute atomic E-state index is 12.1. The van der Waals surface area contributed by atoms with Crippen molar-refractivity contribution in [3.63, 3.8) is 0 Å². The molecule has 0 aromatic heterocycles. The van der Waals surface area contributed by atoms with E-state index in [0.717, 1.165) is 5.92 Å². The van der Waals surface area contributed by atoms with Gasteiger partial charge in [0.05, 0.1) is 5.56 Å². The first-order valence-corrected chi connectivity index (χ1v) is 9.41. The van der Waals surface area contributed by atoms with Gasteiger partial charge in [0.1, 0.15) is 5.75 Å². The third-order valence-corrected chi connectivity index (χ3v) is 5.32. The molecule has 0 amide bonds. The molecule has 0 bridgehead atoms. The lowest BCUT2D eigenvalue weighted by atomic mass is 9.77. The number of benzene rings is 2. The van der Waals surface area contributed by atoms with E-state index in [1.165, 1.54) is 62.3 Å². The molecule has 4 heteroatoms. The normalized spacial score (nSPS) is 19.9. The van der Waals surface area contributed by atoms with Gasteiger partial charge in [0.2, 0.25) is 0 Å². The minimum absolute atomic E-state index is 0.193. The Bertz CT molecular complexity index is 743. The van der Waals surface area contributed by atoms with Gasteiger partial charge in [0, 0.05) is 0 Å². The van der Waals surface area contributed by atoms with Crippen molar-refractivity contribution in [2.24, 2.45) is 5.92 Å². The Kier molecular flexibility index (Phi) is 5.82. The standard InChI is InChI=1S/C22H26O4/c1-2-3-15-4-6-16(7-5-15)17-8-11-19(12-9-17)26-22(25)18-10-13-20(23)21(24)14-18/h8-16,23-24H,2-7H2,1H3. The second kappa shape index (κ2) is 8.26. The molecular formula is C22H26O4. The Morgan fingerprint density at radius 1 is 1.00 bits per heavy atom. The Morgan fingerprint density at radius 3 is 2.31 bits per heavy atom. The fraction of sp³-hybridized carbons (Fsp3) is 0.409. The summed E-state index contributed by atoms with van der Waals surface area (Å²) in [7, 11) is 0. The van der Waals surface area contributed by atoms with Crippen LogP contribution in [0.15, 0.2) is 42.5 Å². The van der Waals surface area contributed by atoms with Gasteiger partial charge in [-0.3, -0.25) is 0 Å². The highest BCUT2D eigenvalue weighted by Crippen LogP contribution is 2.37. The number of hydrogen-bond donors (Lipinski definition) is 2. The van der Waals surface area contributed by atoms with E-state index in [1.807, 2.05) is 24.3 Å². The fourth-order valence-electron chi connectivity index (χ4n) is 3.82. The lowest BCUT2D eigenvalue weighted by Crippen LogP contribution is -2.13. The van der Waals surface area contributed by atoms with Crippen molar-refractivity contribution < 1.29 is 19.7 Å². The second-order valence-corrected chi connectivity index (χ2v) is 7.17. The first kappa shape index (κ1) is 18.3. The molecule has 0 aliphatic heterocycles. The molecule has 0 atom stereocenters. The van der Waals surface area contributed by atoms with Gasteiger partial charge in [-0.15, -0.1) is 0 Å². The topological polar surface area (TPSA) is 66.8 Å². The molecule has 26 heavy (non-hydrogen) atoms. The Labute approximate surface area is 154 Å². The molecule has 1 saturated carbocycles. The van der Waals surface area contributed by atoms with Gasteiger partial charge in [-0.2, -0.15) is 0 Å². The molecule has 0 unspecified atom stereocenters. The van der Waals surface area contributed by atoms with Crippen LogP contribution in [0, 0.1) is 5.92 Å². The van der Waals surface area contributed by atoms with Crippen molar-refractivity contribution in [1.82, 2.24) is 0 Å². The summed E-state index contributed by atoms with van der Waals surface area (Å²) in [6.45, 7) is 2.26. The van der Waals surface area contributed by atoms with E-state index >= 15 is 0 Å². The van der Waals surface area contributed by atoms with Gasteiger partial charge in [-0.05, 0) is 73.4 Å². The Morgan fingerprint density at radius 2 is 1.69 bits per heavy atom. The number of phenolic OH excluding ortho intramolecular Hbond substituents is 2. The molecule has 138 valence electrons. The SMILES string of the molecule is CCCC1CCC(c2ccc(OC(=O)c3ccc(O)c(O)c3)cc2)CC1. The molecule has 1 aliphatic carbocycles. The van der Waals surface area contributed by atoms with Gasteiger partial charge < -0.3 is 14.9 Å². The highest BCUT2D eigenvalue weighted by atomic mass is 16.5. The maximum atomic E-state index is 12.1. The van der Waals surface area contributed by atoms with Gasteiger partial charge in [0.25, 0.3) is 0 Å². The molecule has 0 radical (unpaired) electrons. The summed E-state index contributed by atoms with van der Waals surface area (Å²) in [5, 5.41) is 18.8. The van der Waals surface area contributed by atoms with Gasteiger partial charge in [0.15, 0.2) is 11.5 Å². The number of ether oxygens (including phenoxy) is 1. The Balaban J connectivity index is 1.59. The van der Waals surface area contributed by atoms with E-state index in [4.69, 9.17) is 4.74 Å². The van der Waals surface area contributed by atoms with Crippen LogP contribution in [-0.2, 0) is 0 Å². The molecule has 0 saturated heterocycles. The lowest BCUT2D eigenvalue weighted by Gasteiger charge is -2.28. The fourth-order valence-corrected chi connectivity index (χ4v) is 3.82. The summed E-state index contributed by atoms with van der Waals surface area (Å²) in [5.74, 6) is 0.798. The van der Waals surface area contributed by atoms with Crippen molar-refractivity contribution in [2.75, 3.05) is 0 Å². The van der Waals surface area contributed by atoms with Crippen molar-refractivity contribution in [1.29, 1.82) is 0 Å². The lowest BCUT2D eigenvalue weighted by molar-refractivity contribution is 0.0734. The number of carbonyl (C=O) groups is 1. The highest BCUT2D eigenvalue weighted by molar-refractivity contribution is 5.91. The number of aromatic hydroxyl groups is 2. The van der Waals surface area contributed by atoms with E-state index in [1.54, 1.807) is 0 Å². The average Bonchev–Trinajstić information content (AvgIpc) is 2.65. The zero-order valence-electron chi connectivity index (χ0n) is 15.1. The van der Waals surface area contributed by atoms with E-state index < -0.39 is 5.97 Å². The van der Waals surface area contributed by atoms with E-state index in [0.29, 0.717) is 11.7 Å². The van der Waals surface area contributed by atoms with Crippen LogP contribution < -0.4 is 4.74 Å². The minimum Gasteiger partial charge on any atom is -0.504 e. The molecule has 1 aliphatic rings. The molecule has 2 aromatic rings. The summed E-state index contributed by atoms with van der Waals surface area (Å²) >= 11 is 0. The molecule has 3 rings (SSSR count). The predicted molar refractivity (Wildman–Crippen MR) is 101 cm³/mol. The van der Waals surface area contributed by atoms with Crippen LogP contribution in [0.4, 0.5) is 0 Å². The molecular weight excluding hydrogens is 328 g/mol. The zero-order valence-corrected chi connectivity index (χ0v) is 15.1. The van der Waals surface area contributed by atoms with E-state index in [2.05, 4.69) is 6.92 Å². The number of phenols is 2. The van der Waals surface area contributed by atoms with Crippen LogP contribution in [0.5, 0.6) is 17.2 Å². The van der Waals surface area contributed by atoms with Crippen molar-refractivity contribution in [2.45, 2.75) is 51.4 Å². The van der Waals surface area contributed by atoms with Crippen LogP contribution in [0.25, 0.3) is 0 Å². The summed E-state index contributed by atoms with van der Waals surface area (Å²) in [4.78, 5) is 12.1. The van der Waals surface area contributed by atoms with E-state index in [9.17, 15) is 15.0 Å². The quantitative estimate of drug-likeness (QED) is 0.429. The van der Waals surface area contributed by atoms with Crippen LogP contribution in [0.1, 0.15) is 67.3 Å². The van der Waals surface area contributed by atoms with Gasteiger partial charge in [-0.1, -0.05) is 31.9 Å². The molecule has 1 fully saturated rings. The smallest absolute Gasteiger partial charge is 0.343 e. The first-order chi connectivity index (χ1) is 12.6. The van der Waals surface area contributed by atoms with Gasteiger partial charge in [-0.25, -0.2) is 4.79 Å². The van der Waals surface area contributed by atoms with E-state index in [-0.39, 0.29) is 17.1 Å². The van der Waals surface area contributed by atoms with Crippen LogP contribution in [0.2, 0.25) is 0 Å². The number of carbonyl (C=O) groups excluding carboxylic acids is 1. The third-order valence-electron chi connectivity index (χ3n) is 5.32. The average molecular weight is 354 g/mol. The molecule has 0 heterocycles. The molecule has 0 spiro atoms. The highest BCUT2D eigenvalue weighted by Gasteiger charge is 2.22. The molecule has 2 aromatic carbocycles. The maximum Gasteiger partial charge on any atom is 0.343 e. The van der Waals surface area contributed by atoms with Crippen LogP contribution >= 0.6 is 0 Å². The van der Waals surface area contributed by atoms with Crippen LogP contribution in [0.3, 0.4) is 0 Å². The number of hydrogen-bond acceptors (Lipinski definition) is 4. The third kappa shape index (κ3) is 4.37.